The molecule has 2 aromatic heterocycles. The summed E-state index contributed by atoms with van der Waals surface area (Å²) in [6.07, 6.45) is 0.983. The average Bonchev–Trinajstić information content (AvgIpc) is 3.33. The molecule has 1 aliphatic rings. The SMILES string of the molecule is CCOP(C)(=O)CO[C@H]1O[C@@H](n2cnc3c(N)ncnc32)[C@](C)(OC(=O)c2ccccc2)[C@@H]1C. The lowest BCUT2D eigenvalue weighted by molar-refractivity contribution is -0.157. The zero-order valence-electron chi connectivity index (χ0n) is 19.5. The normalized spacial score (nSPS) is 26.4. The summed E-state index contributed by atoms with van der Waals surface area (Å²) in [6.45, 7) is 7.17. The van der Waals surface area contributed by atoms with E-state index >= 15 is 0 Å². The fourth-order valence-electron chi connectivity index (χ4n) is 3.94. The van der Waals surface area contributed by atoms with E-state index in [2.05, 4.69) is 15.0 Å². The molecule has 4 rings (SSSR count). The summed E-state index contributed by atoms with van der Waals surface area (Å²) in [6, 6.07) is 8.67. The van der Waals surface area contributed by atoms with Gasteiger partial charge in [-0.05, 0) is 26.0 Å². The smallest absolute Gasteiger partial charge is 0.338 e. The van der Waals surface area contributed by atoms with Crippen LogP contribution in [0.3, 0.4) is 0 Å². The van der Waals surface area contributed by atoms with Gasteiger partial charge in [0.25, 0.3) is 0 Å². The largest absolute Gasteiger partial charge is 0.450 e. The number of rotatable bonds is 8. The Morgan fingerprint density at radius 1 is 1.26 bits per heavy atom. The van der Waals surface area contributed by atoms with Crippen molar-refractivity contribution in [1.82, 2.24) is 19.5 Å². The Morgan fingerprint density at radius 2 is 2.00 bits per heavy atom. The number of benzene rings is 1. The fraction of sp³-hybridized carbons (Fsp3) is 0.455. The lowest BCUT2D eigenvalue weighted by Crippen LogP contribution is -2.43. The number of carbonyl (C=O) groups is 1. The molecule has 5 atom stereocenters. The second-order valence-corrected chi connectivity index (χ2v) is 10.9. The number of hydrogen-bond acceptors (Lipinski definition) is 10. The van der Waals surface area contributed by atoms with E-state index in [4.69, 9.17) is 24.5 Å². The third kappa shape index (κ3) is 4.56. The van der Waals surface area contributed by atoms with Gasteiger partial charge in [0.05, 0.1) is 24.4 Å². The molecular formula is C22H28N5O6P. The van der Waals surface area contributed by atoms with Gasteiger partial charge in [0, 0.05) is 6.66 Å². The lowest BCUT2D eigenvalue weighted by atomic mass is 9.90. The van der Waals surface area contributed by atoms with E-state index in [9.17, 15) is 9.36 Å². The number of nitrogens with two attached hydrogens (primary N) is 1. The first-order chi connectivity index (χ1) is 16.2. The number of nitrogen functional groups attached to an aromatic ring is 1. The third-order valence-corrected chi connectivity index (χ3v) is 7.33. The summed E-state index contributed by atoms with van der Waals surface area (Å²) in [5, 5.41) is 0. The van der Waals surface area contributed by atoms with E-state index in [0.717, 1.165) is 0 Å². The van der Waals surface area contributed by atoms with E-state index < -0.39 is 37.4 Å². The summed E-state index contributed by atoms with van der Waals surface area (Å²) in [7, 11) is -2.98. The number of nitrogens with zero attached hydrogens (tertiary/aromatic N) is 4. The molecule has 2 N–H and O–H groups in total. The highest BCUT2D eigenvalue weighted by Gasteiger charge is 2.56. The summed E-state index contributed by atoms with van der Waals surface area (Å²) in [5.41, 5.74) is 5.96. The van der Waals surface area contributed by atoms with Crippen molar-refractivity contribution in [2.24, 2.45) is 5.92 Å². The van der Waals surface area contributed by atoms with Crippen LogP contribution in [-0.2, 0) is 23.3 Å². The van der Waals surface area contributed by atoms with Crippen LogP contribution in [0.2, 0.25) is 0 Å². The first-order valence-electron chi connectivity index (χ1n) is 10.9. The Hall–Kier alpha value is -2.85. The molecular weight excluding hydrogens is 461 g/mol. The number of anilines is 1. The fourth-order valence-corrected chi connectivity index (χ4v) is 4.98. The van der Waals surface area contributed by atoms with Crippen molar-refractivity contribution in [3.05, 3.63) is 48.5 Å². The molecule has 0 aliphatic carbocycles. The summed E-state index contributed by atoms with van der Waals surface area (Å²) < 4.78 is 37.7. The second kappa shape index (κ2) is 9.42. The zero-order chi connectivity index (χ0) is 24.5. The number of aromatic nitrogens is 4. The monoisotopic (exact) mass is 489 g/mol. The number of hydrogen-bond donors (Lipinski definition) is 1. The highest BCUT2D eigenvalue weighted by atomic mass is 31.2. The third-order valence-electron chi connectivity index (χ3n) is 5.90. The molecule has 1 saturated heterocycles. The van der Waals surface area contributed by atoms with Crippen LogP contribution in [0.5, 0.6) is 0 Å². The molecule has 0 spiro atoms. The molecule has 1 aromatic carbocycles. The van der Waals surface area contributed by atoms with Gasteiger partial charge >= 0.3 is 5.97 Å². The Kier molecular flexibility index (Phi) is 6.73. The maximum atomic E-state index is 13.0. The van der Waals surface area contributed by atoms with E-state index in [1.54, 1.807) is 42.7 Å². The number of carbonyl (C=O) groups excluding carboxylic acids is 1. The van der Waals surface area contributed by atoms with Crippen molar-refractivity contribution in [1.29, 1.82) is 0 Å². The molecule has 0 radical (unpaired) electrons. The maximum absolute atomic E-state index is 13.0. The minimum absolute atomic E-state index is 0.148. The molecule has 182 valence electrons. The molecule has 11 nitrogen and oxygen atoms in total. The Labute approximate surface area is 197 Å². The van der Waals surface area contributed by atoms with Gasteiger partial charge in [-0.1, -0.05) is 25.1 Å². The number of fused-ring (bicyclic) bond motifs is 1. The summed E-state index contributed by atoms with van der Waals surface area (Å²) >= 11 is 0. The second-order valence-electron chi connectivity index (χ2n) is 8.40. The predicted octanol–water partition coefficient (Wildman–Crippen LogP) is 3.43. The maximum Gasteiger partial charge on any atom is 0.338 e. The Morgan fingerprint density at radius 3 is 2.71 bits per heavy atom. The van der Waals surface area contributed by atoms with Gasteiger partial charge in [-0.2, -0.15) is 0 Å². The van der Waals surface area contributed by atoms with Gasteiger partial charge < -0.3 is 24.5 Å². The van der Waals surface area contributed by atoms with E-state index in [1.807, 2.05) is 13.0 Å². The minimum atomic E-state index is -2.98. The van der Waals surface area contributed by atoms with Crippen LogP contribution < -0.4 is 5.73 Å². The molecule has 1 fully saturated rings. The van der Waals surface area contributed by atoms with E-state index in [-0.39, 0.29) is 12.2 Å². The molecule has 12 heteroatoms. The van der Waals surface area contributed by atoms with Gasteiger partial charge in [0.1, 0.15) is 18.2 Å². The van der Waals surface area contributed by atoms with Crippen LogP contribution in [0, 0.1) is 5.92 Å². The summed E-state index contributed by atoms with van der Waals surface area (Å²) in [4.78, 5) is 25.6. The number of ether oxygens (including phenoxy) is 3. The topological polar surface area (TPSA) is 141 Å². The van der Waals surface area contributed by atoms with Crippen molar-refractivity contribution < 1.29 is 28.1 Å². The van der Waals surface area contributed by atoms with Gasteiger partial charge in [-0.15, -0.1) is 0 Å². The lowest BCUT2D eigenvalue weighted by Gasteiger charge is -2.33. The highest BCUT2D eigenvalue weighted by molar-refractivity contribution is 7.57. The van der Waals surface area contributed by atoms with Crippen LogP contribution in [0.4, 0.5) is 5.82 Å². The predicted molar refractivity (Wildman–Crippen MR) is 124 cm³/mol. The van der Waals surface area contributed by atoms with Crippen molar-refractivity contribution in [2.75, 3.05) is 25.4 Å². The molecule has 3 heterocycles. The molecule has 3 aromatic rings. The first-order valence-corrected chi connectivity index (χ1v) is 13.1. The number of imidazole rings is 1. The quantitative estimate of drug-likeness (QED) is 0.369. The molecule has 34 heavy (non-hydrogen) atoms. The van der Waals surface area contributed by atoms with E-state index in [0.29, 0.717) is 23.3 Å². The van der Waals surface area contributed by atoms with Gasteiger partial charge in [0.15, 0.2) is 29.6 Å². The molecule has 0 saturated carbocycles. The van der Waals surface area contributed by atoms with Crippen molar-refractivity contribution >= 4 is 30.3 Å². The van der Waals surface area contributed by atoms with Gasteiger partial charge in [-0.3, -0.25) is 9.13 Å². The minimum Gasteiger partial charge on any atom is -0.450 e. The van der Waals surface area contributed by atoms with Gasteiger partial charge in [0.2, 0.25) is 7.37 Å². The molecule has 0 bridgehead atoms. The van der Waals surface area contributed by atoms with Crippen LogP contribution in [0.25, 0.3) is 11.2 Å². The van der Waals surface area contributed by atoms with Crippen molar-refractivity contribution in [3.63, 3.8) is 0 Å². The van der Waals surface area contributed by atoms with Gasteiger partial charge in [-0.25, -0.2) is 19.7 Å². The molecule has 1 aliphatic heterocycles. The van der Waals surface area contributed by atoms with Crippen molar-refractivity contribution in [3.8, 4) is 0 Å². The van der Waals surface area contributed by atoms with Crippen LogP contribution in [0.1, 0.15) is 37.4 Å². The standard InChI is InChI=1S/C22H28N5O6P/c1-5-31-34(4,29)13-30-20-14(2)22(3,33-19(28)15-9-7-6-8-10-15)21(32-20)27-12-26-16-17(23)24-11-25-18(16)27/h6-12,14,20-21H,5,13H2,1-4H3,(H2,23,24,25)/t14-,20+,21-,22-,34?/m1/s1. The van der Waals surface area contributed by atoms with Crippen LogP contribution in [-0.4, -0.2) is 57.0 Å². The zero-order valence-corrected chi connectivity index (χ0v) is 20.3. The Bertz CT molecular complexity index is 1220. The Balaban J connectivity index is 1.69. The van der Waals surface area contributed by atoms with Crippen LogP contribution in [0.15, 0.2) is 43.0 Å². The van der Waals surface area contributed by atoms with E-state index in [1.165, 1.54) is 19.3 Å². The highest BCUT2D eigenvalue weighted by Crippen LogP contribution is 2.49. The average molecular weight is 489 g/mol. The molecule has 1 unspecified atom stereocenters. The number of esters is 1. The van der Waals surface area contributed by atoms with Crippen molar-refractivity contribution in [2.45, 2.75) is 38.9 Å². The summed E-state index contributed by atoms with van der Waals surface area (Å²) in [5.74, 6) is -0.754. The first kappa shape index (κ1) is 24.3. The van der Waals surface area contributed by atoms with Crippen LogP contribution >= 0.6 is 7.37 Å². The molecule has 0 amide bonds.